The summed E-state index contributed by atoms with van der Waals surface area (Å²) in [6, 6.07) is 8.09. The number of aromatic amines is 1. The Morgan fingerprint density at radius 3 is 2.96 bits per heavy atom. The predicted octanol–water partition coefficient (Wildman–Crippen LogP) is 2.26. The van der Waals surface area contributed by atoms with E-state index in [2.05, 4.69) is 38.8 Å². The lowest BCUT2D eigenvalue weighted by Gasteiger charge is -2.22. The van der Waals surface area contributed by atoms with Crippen LogP contribution in [0.15, 0.2) is 30.5 Å². The van der Waals surface area contributed by atoms with Crippen LogP contribution in [0.2, 0.25) is 0 Å². The Hall–Kier alpha value is -2.80. The summed E-state index contributed by atoms with van der Waals surface area (Å²) in [7, 11) is 0. The monoisotopic (exact) mass is 349 g/mol. The Labute approximate surface area is 152 Å². The molecule has 4 heterocycles. The van der Waals surface area contributed by atoms with E-state index in [0.717, 1.165) is 54.5 Å². The molecule has 1 aliphatic heterocycles. The maximum Gasteiger partial charge on any atom is 0.180 e. The molecular formula is C19H23N7. The summed E-state index contributed by atoms with van der Waals surface area (Å²) >= 11 is 0. The lowest BCUT2D eigenvalue weighted by Crippen LogP contribution is -2.28. The van der Waals surface area contributed by atoms with Crippen molar-refractivity contribution in [2.45, 2.75) is 39.3 Å². The molecule has 134 valence electrons. The third-order valence-electron chi connectivity index (χ3n) is 4.49. The second kappa shape index (κ2) is 7.21. The summed E-state index contributed by atoms with van der Waals surface area (Å²) in [6.45, 7) is 5.88. The van der Waals surface area contributed by atoms with Crippen LogP contribution in [0.3, 0.4) is 0 Å². The van der Waals surface area contributed by atoms with E-state index in [1.807, 2.05) is 25.1 Å². The highest BCUT2D eigenvalue weighted by molar-refractivity contribution is 5.57. The van der Waals surface area contributed by atoms with E-state index in [1.165, 1.54) is 5.56 Å². The minimum absolute atomic E-state index is 0.211. The molecule has 3 aromatic heterocycles. The first kappa shape index (κ1) is 16.7. The third-order valence-corrected chi connectivity index (χ3v) is 4.49. The first-order chi connectivity index (χ1) is 12.7. The van der Waals surface area contributed by atoms with Crippen LogP contribution in [0.25, 0.3) is 11.5 Å². The van der Waals surface area contributed by atoms with Gasteiger partial charge in [-0.05, 0) is 45.0 Å². The van der Waals surface area contributed by atoms with E-state index in [-0.39, 0.29) is 6.04 Å². The first-order valence-electron chi connectivity index (χ1n) is 8.98. The molecule has 0 unspecified atom stereocenters. The summed E-state index contributed by atoms with van der Waals surface area (Å²) in [4.78, 5) is 13.9. The van der Waals surface area contributed by atoms with Crippen molar-refractivity contribution in [2.75, 3.05) is 11.9 Å². The second-order valence-corrected chi connectivity index (χ2v) is 6.75. The van der Waals surface area contributed by atoms with Gasteiger partial charge in [-0.25, -0.2) is 9.97 Å². The van der Waals surface area contributed by atoms with Crippen LogP contribution in [0, 0.1) is 6.92 Å². The van der Waals surface area contributed by atoms with Crippen molar-refractivity contribution in [3.05, 3.63) is 53.1 Å². The van der Waals surface area contributed by atoms with Crippen molar-refractivity contribution in [1.82, 2.24) is 30.5 Å². The predicted molar refractivity (Wildman–Crippen MR) is 101 cm³/mol. The van der Waals surface area contributed by atoms with E-state index >= 15 is 0 Å². The summed E-state index contributed by atoms with van der Waals surface area (Å²) in [6.07, 6.45) is 3.53. The topological polar surface area (TPSA) is 91.4 Å². The fourth-order valence-electron chi connectivity index (χ4n) is 3.27. The van der Waals surface area contributed by atoms with E-state index in [1.54, 1.807) is 6.20 Å². The fourth-order valence-corrected chi connectivity index (χ4v) is 3.27. The zero-order valence-electron chi connectivity index (χ0n) is 15.1. The van der Waals surface area contributed by atoms with Gasteiger partial charge in [-0.3, -0.25) is 10.1 Å². The van der Waals surface area contributed by atoms with Crippen LogP contribution < -0.4 is 10.6 Å². The molecule has 4 rings (SSSR count). The molecule has 0 saturated carbocycles. The van der Waals surface area contributed by atoms with E-state index < -0.39 is 0 Å². The van der Waals surface area contributed by atoms with Crippen molar-refractivity contribution in [2.24, 2.45) is 0 Å². The standard InChI is InChI=1S/C19H23N7/c1-12(9-14-10-13(2)25-26-14)22-18-15-6-8-20-11-17(15)23-19(24-18)16-5-3-4-7-21-16/h3-5,7,10,12,20H,6,8-9,11H2,1-2H3,(H,25,26)(H,22,23,24)/t12-/m1/s1. The smallest absolute Gasteiger partial charge is 0.180 e. The highest BCUT2D eigenvalue weighted by Crippen LogP contribution is 2.24. The molecule has 0 aromatic carbocycles. The molecule has 26 heavy (non-hydrogen) atoms. The maximum absolute atomic E-state index is 4.80. The molecule has 7 heteroatoms. The van der Waals surface area contributed by atoms with Gasteiger partial charge in [-0.15, -0.1) is 0 Å². The van der Waals surface area contributed by atoms with Gasteiger partial charge in [0, 0.05) is 36.5 Å². The maximum atomic E-state index is 4.80. The summed E-state index contributed by atoms with van der Waals surface area (Å²) in [5.41, 5.74) is 5.18. The number of anilines is 1. The number of pyridine rings is 1. The van der Waals surface area contributed by atoms with Crippen LogP contribution in [-0.4, -0.2) is 37.7 Å². The van der Waals surface area contributed by atoms with Crippen LogP contribution in [0.1, 0.15) is 29.6 Å². The molecule has 0 radical (unpaired) electrons. The van der Waals surface area contributed by atoms with Gasteiger partial charge < -0.3 is 10.6 Å². The zero-order valence-corrected chi connectivity index (χ0v) is 15.1. The zero-order chi connectivity index (χ0) is 17.9. The van der Waals surface area contributed by atoms with Crippen molar-refractivity contribution in [3.8, 4) is 11.5 Å². The van der Waals surface area contributed by atoms with Crippen LogP contribution in [0.4, 0.5) is 5.82 Å². The number of aryl methyl sites for hydroxylation is 1. The molecule has 0 bridgehead atoms. The quantitative estimate of drug-likeness (QED) is 0.654. The second-order valence-electron chi connectivity index (χ2n) is 6.75. The number of hydrogen-bond acceptors (Lipinski definition) is 6. The highest BCUT2D eigenvalue weighted by Gasteiger charge is 2.20. The number of hydrogen-bond donors (Lipinski definition) is 3. The summed E-state index contributed by atoms with van der Waals surface area (Å²) in [5.74, 6) is 1.58. The molecule has 1 aliphatic rings. The van der Waals surface area contributed by atoms with Crippen molar-refractivity contribution < 1.29 is 0 Å². The summed E-state index contributed by atoms with van der Waals surface area (Å²) in [5, 5.41) is 14.3. The lowest BCUT2D eigenvalue weighted by molar-refractivity contribution is 0.623. The highest BCUT2D eigenvalue weighted by atomic mass is 15.1. The van der Waals surface area contributed by atoms with Crippen molar-refractivity contribution in [1.29, 1.82) is 0 Å². The first-order valence-corrected chi connectivity index (χ1v) is 8.98. The third kappa shape index (κ3) is 3.57. The van der Waals surface area contributed by atoms with E-state index in [0.29, 0.717) is 5.82 Å². The average Bonchev–Trinajstić information content (AvgIpc) is 3.07. The number of fused-ring (bicyclic) bond motifs is 1. The Balaban J connectivity index is 1.63. The molecular weight excluding hydrogens is 326 g/mol. The van der Waals surface area contributed by atoms with Gasteiger partial charge in [-0.1, -0.05) is 6.07 Å². The van der Waals surface area contributed by atoms with Gasteiger partial charge >= 0.3 is 0 Å². The van der Waals surface area contributed by atoms with Crippen molar-refractivity contribution >= 4 is 5.82 Å². The van der Waals surface area contributed by atoms with Gasteiger partial charge in [0.25, 0.3) is 0 Å². The average molecular weight is 349 g/mol. The minimum Gasteiger partial charge on any atom is -0.367 e. The Bertz CT molecular complexity index is 888. The van der Waals surface area contributed by atoms with Crippen LogP contribution in [0.5, 0.6) is 0 Å². The fraction of sp³-hybridized carbons (Fsp3) is 0.368. The largest absolute Gasteiger partial charge is 0.367 e. The van der Waals surface area contributed by atoms with E-state index in [9.17, 15) is 0 Å². The van der Waals surface area contributed by atoms with Gasteiger partial charge in [0.2, 0.25) is 0 Å². The number of aromatic nitrogens is 5. The molecule has 3 N–H and O–H groups in total. The Morgan fingerprint density at radius 1 is 1.27 bits per heavy atom. The number of nitrogens with zero attached hydrogens (tertiary/aromatic N) is 4. The molecule has 0 saturated heterocycles. The number of nitrogens with one attached hydrogen (secondary N) is 3. The molecule has 0 aliphatic carbocycles. The molecule has 1 atom stereocenters. The Morgan fingerprint density at radius 2 is 2.19 bits per heavy atom. The molecule has 0 amide bonds. The van der Waals surface area contributed by atoms with E-state index in [4.69, 9.17) is 9.97 Å². The Kier molecular flexibility index (Phi) is 4.62. The minimum atomic E-state index is 0.211. The number of H-pyrrole nitrogens is 1. The molecule has 0 spiro atoms. The lowest BCUT2D eigenvalue weighted by atomic mass is 10.1. The molecule has 7 nitrogen and oxygen atoms in total. The van der Waals surface area contributed by atoms with Gasteiger partial charge in [0.05, 0.1) is 11.4 Å². The SMILES string of the molecule is Cc1cc(C[C@@H](C)Nc2nc(-c3ccccn3)nc3c2CCNC3)n[nH]1. The normalized spacial score (nSPS) is 14.7. The molecule has 0 fully saturated rings. The molecule has 3 aromatic rings. The van der Waals surface area contributed by atoms with Gasteiger partial charge in [0.15, 0.2) is 5.82 Å². The summed E-state index contributed by atoms with van der Waals surface area (Å²) < 4.78 is 0. The van der Waals surface area contributed by atoms with Crippen LogP contribution >= 0.6 is 0 Å². The van der Waals surface area contributed by atoms with Crippen LogP contribution in [-0.2, 0) is 19.4 Å². The van der Waals surface area contributed by atoms with Crippen molar-refractivity contribution in [3.63, 3.8) is 0 Å². The number of rotatable bonds is 5. The van der Waals surface area contributed by atoms with Gasteiger partial charge in [-0.2, -0.15) is 5.10 Å². The van der Waals surface area contributed by atoms with Gasteiger partial charge in [0.1, 0.15) is 11.5 Å².